The molecule has 1 aliphatic rings. The summed E-state index contributed by atoms with van der Waals surface area (Å²) in [5.74, 6) is -1.45. The molecule has 120 valence electrons. The number of carbonyl (C=O) groups is 2. The van der Waals surface area contributed by atoms with Crippen molar-refractivity contribution in [2.24, 2.45) is 5.73 Å². The number of halogens is 3. The molecular weight excluding hydrogens is 344 g/mol. The Morgan fingerprint density at radius 2 is 2.13 bits per heavy atom. The van der Waals surface area contributed by atoms with Crippen molar-refractivity contribution in [1.82, 2.24) is 4.57 Å². The molecule has 23 heavy (non-hydrogen) atoms. The van der Waals surface area contributed by atoms with Crippen LogP contribution in [0.4, 0.5) is 10.1 Å². The van der Waals surface area contributed by atoms with Crippen LogP contribution in [-0.2, 0) is 4.79 Å². The van der Waals surface area contributed by atoms with Crippen LogP contribution in [0.25, 0.3) is 11.8 Å². The summed E-state index contributed by atoms with van der Waals surface area (Å²) in [6.45, 7) is 1.66. The van der Waals surface area contributed by atoms with Crippen molar-refractivity contribution >= 4 is 53.3 Å². The number of primary amides is 1. The first kappa shape index (κ1) is 17.1. The molecule has 8 heteroatoms. The average molecular weight is 356 g/mol. The van der Waals surface area contributed by atoms with Gasteiger partial charge in [0.05, 0.1) is 16.2 Å². The highest BCUT2D eigenvalue weighted by molar-refractivity contribution is 6.35. The van der Waals surface area contributed by atoms with Crippen molar-refractivity contribution in [3.8, 4) is 0 Å². The van der Waals surface area contributed by atoms with Crippen LogP contribution in [0.15, 0.2) is 24.4 Å². The predicted octanol–water partition coefficient (Wildman–Crippen LogP) is 3.06. The van der Waals surface area contributed by atoms with Gasteiger partial charge in [0.2, 0.25) is 0 Å². The topological polar surface area (TPSA) is 77.1 Å². The molecule has 0 saturated heterocycles. The van der Waals surface area contributed by atoms with E-state index in [0.29, 0.717) is 16.9 Å². The normalized spacial score (nSPS) is 14.4. The summed E-state index contributed by atoms with van der Waals surface area (Å²) in [7, 11) is 0. The second-order valence-corrected chi connectivity index (χ2v) is 5.30. The molecule has 2 aromatic rings. The molecule has 2 amide bonds. The Hall–Kier alpha value is -2.31. The van der Waals surface area contributed by atoms with Gasteiger partial charge in [0.25, 0.3) is 11.8 Å². The lowest BCUT2D eigenvalue weighted by Crippen LogP contribution is -2.12. The number of aromatic nitrogens is 1. The van der Waals surface area contributed by atoms with Gasteiger partial charge in [0, 0.05) is 29.3 Å². The summed E-state index contributed by atoms with van der Waals surface area (Å²) >= 11 is 5.98. The van der Waals surface area contributed by atoms with Crippen LogP contribution < -0.4 is 11.1 Å². The lowest BCUT2D eigenvalue weighted by atomic mass is 10.1. The highest BCUT2D eigenvalue weighted by atomic mass is 35.5. The highest BCUT2D eigenvalue weighted by Gasteiger charge is 2.25. The standard InChI is InChI=1S/C15H11ClFN3O2.ClH/c1-7-13(14(18)21)11(16)6-20(7)5-10-9-4-8(17)2-3-12(9)19-15(10)22;/h2-6H,1H3,(H2,18,21)(H,19,22);1H/b10-5-;. The van der Waals surface area contributed by atoms with Crippen molar-refractivity contribution in [2.75, 3.05) is 5.32 Å². The second kappa shape index (κ2) is 6.06. The van der Waals surface area contributed by atoms with E-state index < -0.39 is 11.7 Å². The summed E-state index contributed by atoms with van der Waals surface area (Å²) < 4.78 is 14.9. The van der Waals surface area contributed by atoms with E-state index in [1.54, 1.807) is 6.92 Å². The van der Waals surface area contributed by atoms with Gasteiger partial charge < -0.3 is 15.6 Å². The van der Waals surface area contributed by atoms with E-state index in [1.165, 1.54) is 35.2 Å². The third-order valence-electron chi connectivity index (χ3n) is 3.52. The van der Waals surface area contributed by atoms with E-state index in [1.807, 2.05) is 0 Å². The van der Waals surface area contributed by atoms with E-state index >= 15 is 0 Å². The van der Waals surface area contributed by atoms with Gasteiger partial charge in [-0.25, -0.2) is 4.39 Å². The Balaban J connectivity index is 0.00000192. The molecule has 0 atom stereocenters. The molecule has 0 unspecified atom stereocenters. The smallest absolute Gasteiger partial charge is 0.257 e. The number of anilines is 1. The maximum absolute atomic E-state index is 13.4. The van der Waals surface area contributed by atoms with Crippen LogP contribution in [0.2, 0.25) is 5.02 Å². The quantitative estimate of drug-likeness (QED) is 0.812. The SMILES string of the molecule is Cc1c(C(N)=O)c(Cl)cn1/C=C1\C(=O)Nc2ccc(F)cc21.Cl. The maximum atomic E-state index is 13.4. The Bertz CT molecular complexity index is 859. The number of hydrogen-bond acceptors (Lipinski definition) is 2. The molecule has 3 rings (SSSR count). The zero-order valence-electron chi connectivity index (χ0n) is 11.9. The van der Waals surface area contributed by atoms with Gasteiger partial charge >= 0.3 is 0 Å². The van der Waals surface area contributed by atoms with Gasteiger partial charge in [0.1, 0.15) is 5.82 Å². The molecule has 0 spiro atoms. The zero-order valence-corrected chi connectivity index (χ0v) is 13.5. The molecule has 0 fully saturated rings. The molecular formula is C15H12Cl2FN3O2. The summed E-state index contributed by atoms with van der Waals surface area (Å²) in [5.41, 5.74) is 7.23. The number of carbonyl (C=O) groups excluding carboxylic acids is 2. The highest BCUT2D eigenvalue weighted by Crippen LogP contribution is 2.33. The fourth-order valence-corrected chi connectivity index (χ4v) is 2.78. The fourth-order valence-electron chi connectivity index (χ4n) is 2.44. The molecule has 0 bridgehead atoms. The fraction of sp³-hybridized carbons (Fsp3) is 0.0667. The van der Waals surface area contributed by atoms with Crippen LogP contribution in [0, 0.1) is 12.7 Å². The monoisotopic (exact) mass is 355 g/mol. The minimum Gasteiger partial charge on any atom is -0.365 e. The minimum atomic E-state index is -0.651. The Morgan fingerprint density at radius 3 is 2.74 bits per heavy atom. The largest absolute Gasteiger partial charge is 0.365 e. The number of amides is 2. The van der Waals surface area contributed by atoms with Crippen molar-refractivity contribution < 1.29 is 14.0 Å². The maximum Gasteiger partial charge on any atom is 0.257 e. The summed E-state index contributed by atoms with van der Waals surface area (Å²) in [6, 6.07) is 4.03. The summed E-state index contributed by atoms with van der Waals surface area (Å²) in [5, 5.41) is 2.84. The first-order valence-corrected chi connectivity index (χ1v) is 6.76. The van der Waals surface area contributed by atoms with Crippen LogP contribution in [-0.4, -0.2) is 16.4 Å². The first-order valence-electron chi connectivity index (χ1n) is 6.38. The number of hydrogen-bond donors (Lipinski definition) is 2. The van der Waals surface area contributed by atoms with Gasteiger partial charge in [-0.1, -0.05) is 11.6 Å². The van der Waals surface area contributed by atoms with Gasteiger partial charge in [0.15, 0.2) is 0 Å². The molecule has 5 nitrogen and oxygen atoms in total. The van der Waals surface area contributed by atoms with Crippen LogP contribution in [0.5, 0.6) is 0 Å². The lowest BCUT2D eigenvalue weighted by molar-refractivity contribution is -0.110. The summed E-state index contributed by atoms with van der Waals surface area (Å²) in [6.07, 6.45) is 2.98. The summed E-state index contributed by atoms with van der Waals surface area (Å²) in [4.78, 5) is 23.4. The molecule has 2 heterocycles. The lowest BCUT2D eigenvalue weighted by Gasteiger charge is -2.02. The van der Waals surface area contributed by atoms with E-state index in [4.69, 9.17) is 17.3 Å². The predicted molar refractivity (Wildman–Crippen MR) is 89.1 cm³/mol. The number of fused-ring (bicyclic) bond motifs is 1. The van der Waals surface area contributed by atoms with Crippen molar-refractivity contribution in [1.29, 1.82) is 0 Å². The number of nitrogens with one attached hydrogen (secondary N) is 1. The Morgan fingerprint density at radius 1 is 1.43 bits per heavy atom. The van der Waals surface area contributed by atoms with Gasteiger partial charge in [-0.3, -0.25) is 9.59 Å². The molecule has 1 aromatic carbocycles. The van der Waals surface area contributed by atoms with Gasteiger partial charge in [-0.05, 0) is 25.1 Å². The molecule has 0 saturated carbocycles. The number of nitrogens with zero attached hydrogens (tertiary/aromatic N) is 1. The molecule has 1 aromatic heterocycles. The van der Waals surface area contributed by atoms with E-state index in [0.717, 1.165) is 0 Å². The van der Waals surface area contributed by atoms with Crippen LogP contribution >= 0.6 is 24.0 Å². The van der Waals surface area contributed by atoms with Gasteiger partial charge in [-0.15, -0.1) is 12.4 Å². The first-order chi connectivity index (χ1) is 10.4. The number of benzene rings is 1. The molecule has 0 aliphatic carbocycles. The third kappa shape index (κ3) is 2.83. The molecule has 3 N–H and O–H groups in total. The minimum absolute atomic E-state index is 0. The molecule has 0 radical (unpaired) electrons. The van der Waals surface area contributed by atoms with Gasteiger partial charge in [-0.2, -0.15) is 0 Å². The molecule has 1 aliphatic heterocycles. The second-order valence-electron chi connectivity index (χ2n) is 4.90. The number of rotatable bonds is 2. The Labute approximate surface area is 142 Å². The van der Waals surface area contributed by atoms with E-state index in [-0.39, 0.29) is 34.5 Å². The average Bonchev–Trinajstić information content (AvgIpc) is 2.88. The third-order valence-corrected chi connectivity index (χ3v) is 3.81. The van der Waals surface area contributed by atoms with Crippen LogP contribution in [0.3, 0.4) is 0 Å². The van der Waals surface area contributed by atoms with Crippen molar-refractivity contribution in [2.45, 2.75) is 6.92 Å². The Kier molecular flexibility index (Phi) is 4.49. The van der Waals surface area contributed by atoms with E-state index in [2.05, 4.69) is 5.32 Å². The zero-order chi connectivity index (χ0) is 16.0. The van der Waals surface area contributed by atoms with Crippen molar-refractivity contribution in [3.05, 3.63) is 52.1 Å². The number of nitrogens with two attached hydrogens (primary N) is 1. The van der Waals surface area contributed by atoms with E-state index in [9.17, 15) is 14.0 Å². The van der Waals surface area contributed by atoms with Crippen LogP contribution in [0.1, 0.15) is 21.6 Å². The van der Waals surface area contributed by atoms with Crippen molar-refractivity contribution in [3.63, 3.8) is 0 Å².